The zero-order valence-corrected chi connectivity index (χ0v) is 12.1. The Morgan fingerprint density at radius 2 is 2.11 bits per heavy atom. The van der Waals surface area contributed by atoms with E-state index in [0.29, 0.717) is 5.92 Å². The summed E-state index contributed by atoms with van der Waals surface area (Å²) in [6.07, 6.45) is 2.17. The molecule has 1 aliphatic rings. The zero-order chi connectivity index (χ0) is 12.7. The van der Waals surface area contributed by atoms with Crippen molar-refractivity contribution < 1.29 is 4.74 Å². The van der Waals surface area contributed by atoms with Gasteiger partial charge in [-0.25, -0.2) is 4.68 Å². The quantitative estimate of drug-likeness (QED) is 0.850. The van der Waals surface area contributed by atoms with E-state index < -0.39 is 0 Å². The molecule has 18 heavy (non-hydrogen) atoms. The van der Waals surface area contributed by atoms with Crippen molar-refractivity contribution in [3.8, 4) is 11.4 Å². The van der Waals surface area contributed by atoms with E-state index >= 15 is 0 Å². The van der Waals surface area contributed by atoms with Gasteiger partial charge in [-0.05, 0) is 46.8 Å². The third kappa shape index (κ3) is 1.75. The smallest absolute Gasteiger partial charge is 0.144 e. The maximum atomic E-state index is 5.39. The lowest BCUT2D eigenvalue weighted by Gasteiger charge is -2.10. The second-order valence-corrected chi connectivity index (χ2v) is 5.56. The second-order valence-electron chi connectivity index (χ2n) is 4.81. The van der Waals surface area contributed by atoms with Gasteiger partial charge in [0.2, 0.25) is 0 Å². The Morgan fingerprint density at radius 3 is 2.83 bits per heavy atom. The molecule has 0 spiro atoms. The average Bonchev–Trinajstić information content (AvgIpc) is 2.88. The lowest BCUT2D eigenvalue weighted by atomic mass is 10.1. The molecule has 1 aromatic carbocycles. The Morgan fingerprint density at radius 1 is 1.33 bits per heavy atom. The van der Waals surface area contributed by atoms with Crippen LogP contribution in [0, 0.1) is 5.92 Å². The van der Waals surface area contributed by atoms with Crippen LogP contribution in [0.15, 0.2) is 28.9 Å². The van der Waals surface area contributed by atoms with Gasteiger partial charge in [0, 0.05) is 5.56 Å². The van der Waals surface area contributed by atoms with Crippen LogP contribution >= 0.6 is 15.9 Å². The monoisotopic (exact) mass is 306 g/mol. The van der Waals surface area contributed by atoms with E-state index in [1.807, 2.05) is 28.9 Å². The van der Waals surface area contributed by atoms with Crippen LogP contribution in [0.25, 0.3) is 5.69 Å². The van der Waals surface area contributed by atoms with Crippen molar-refractivity contribution in [3.63, 3.8) is 0 Å². The van der Waals surface area contributed by atoms with Gasteiger partial charge in [0.15, 0.2) is 0 Å². The number of fused-ring (bicyclic) bond motifs is 1. The lowest BCUT2D eigenvalue weighted by Crippen LogP contribution is -2.03. The fourth-order valence-corrected chi connectivity index (χ4v) is 3.21. The minimum atomic E-state index is 0.700. The van der Waals surface area contributed by atoms with Crippen molar-refractivity contribution in [1.82, 2.24) is 9.78 Å². The van der Waals surface area contributed by atoms with Gasteiger partial charge in [-0.2, -0.15) is 5.10 Å². The van der Waals surface area contributed by atoms with Crippen LogP contribution < -0.4 is 4.74 Å². The van der Waals surface area contributed by atoms with Crippen LogP contribution in [-0.2, 0) is 12.8 Å². The van der Waals surface area contributed by atoms with Gasteiger partial charge in [0.1, 0.15) is 16.0 Å². The molecule has 0 fully saturated rings. The molecule has 3 rings (SSSR count). The fourth-order valence-electron chi connectivity index (χ4n) is 2.55. The molecule has 0 aliphatic heterocycles. The minimum Gasteiger partial charge on any atom is -0.494 e. The summed E-state index contributed by atoms with van der Waals surface area (Å²) in [5.41, 5.74) is 3.53. The average molecular weight is 307 g/mol. The van der Waals surface area contributed by atoms with Gasteiger partial charge in [-0.1, -0.05) is 19.1 Å². The van der Waals surface area contributed by atoms with Crippen molar-refractivity contribution in [2.24, 2.45) is 5.92 Å². The SMILES string of the molecule is COc1ccccc1-n1nc2c(c1Br)C[C@H](C)C2. The number of methoxy groups -OCH3 is 1. The molecule has 0 amide bonds. The van der Waals surface area contributed by atoms with Crippen molar-refractivity contribution in [2.45, 2.75) is 19.8 Å². The number of hydrogen-bond donors (Lipinski definition) is 0. The molecular weight excluding hydrogens is 292 g/mol. The van der Waals surface area contributed by atoms with Crippen molar-refractivity contribution in [1.29, 1.82) is 0 Å². The van der Waals surface area contributed by atoms with Crippen LogP contribution in [0.4, 0.5) is 0 Å². The van der Waals surface area contributed by atoms with E-state index in [1.54, 1.807) is 7.11 Å². The highest BCUT2D eigenvalue weighted by molar-refractivity contribution is 9.10. The summed E-state index contributed by atoms with van der Waals surface area (Å²) in [7, 11) is 1.69. The number of aromatic nitrogens is 2. The molecule has 0 saturated carbocycles. The predicted octanol–water partition coefficient (Wildman–Crippen LogP) is 3.38. The molecule has 2 aromatic rings. The third-order valence-electron chi connectivity index (χ3n) is 3.41. The minimum absolute atomic E-state index is 0.700. The van der Waals surface area contributed by atoms with Crippen LogP contribution in [0.5, 0.6) is 5.75 Å². The van der Waals surface area contributed by atoms with Gasteiger partial charge in [0.25, 0.3) is 0 Å². The zero-order valence-electron chi connectivity index (χ0n) is 10.5. The molecule has 1 atom stereocenters. The lowest BCUT2D eigenvalue weighted by molar-refractivity contribution is 0.411. The molecule has 0 saturated heterocycles. The van der Waals surface area contributed by atoms with Crippen LogP contribution in [-0.4, -0.2) is 16.9 Å². The summed E-state index contributed by atoms with van der Waals surface area (Å²) in [6, 6.07) is 7.95. The number of ether oxygens (including phenoxy) is 1. The highest BCUT2D eigenvalue weighted by Gasteiger charge is 2.26. The first-order chi connectivity index (χ1) is 8.70. The predicted molar refractivity (Wildman–Crippen MR) is 74.4 cm³/mol. The van der Waals surface area contributed by atoms with E-state index in [-0.39, 0.29) is 0 Å². The van der Waals surface area contributed by atoms with E-state index in [0.717, 1.165) is 28.9 Å². The maximum Gasteiger partial charge on any atom is 0.144 e. The number of halogens is 1. The Bertz CT molecular complexity index is 591. The van der Waals surface area contributed by atoms with E-state index in [2.05, 4.69) is 22.9 Å². The molecule has 1 heterocycles. The molecule has 0 radical (unpaired) electrons. The topological polar surface area (TPSA) is 27.1 Å². The fraction of sp³-hybridized carbons (Fsp3) is 0.357. The van der Waals surface area contributed by atoms with Crippen LogP contribution in [0.3, 0.4) is 0 Å². The first-order valence-corrected chi connectivity index (χ1v) is 6.89. The van der Waals surface area contributed by atoms with E-state index in [9.17, 15) is 0 Å². The normalized spacial score (nSPS) is 17.8. The molecule has 1 aliphatic carbocycles. The Balaban J connectivity index is 2.11. The van der Waals surface area contributed by atoms with Crippen LogP contribution in [0.1, 0.15) is 18.2 Å². The first kappa shape index (κ1) is 11.8. The van der Waals surface area contributed by atoms with E-state index in [1.165, 1.54) is 11.3 Å². The molecule has 0 N–H and O–H groups in total. The summed E-state index contributed by atoms with van der Waals surface area (Å²) in [5.74, 6) is 1.54. The second kappa shape index (κ2) is 4.43. The van der Waals surface area contributed by atoms with Crippen molar-refractivity contribution in [2.75, 3.05) is 7.11 Å². The van der Waals surface area contributed by atoms with Gasteiger partial charge < -0.3 is 4.74 Å². The molecule has 1 aromatic heterocycles. The molecule has 0 bridgehead atoms. The Hall–Kier alpha value is -1.29. The molecule has 3 nitrogen and oxygen atoms in total. The maximum absolute atomic E-state index is 5.39. The highest BCUT2D eigenvalue weighted by Crippen LogP contribution is 2.35. The van der Waals surface area contributed by atoms with Gasteiger partial charge in [-0.15, -0.1) is 0 Å². The van der Waals surface area contributed by atoms with E-state index in [4.69, 9.17) is 9.84 Å². The Kier molecular flexibility index (Phi) is 2.90. The molecule has 4 heteroatoms. The van der Waals surface area contributed by atoms with Crippen LogP contribution in [0.2, 0.25) is 0 Å². The van der Waals surface area contributed by atoms with Gasteiger partial charge >= 0.3 is 0 Å². The Labute approximate surface area is 115 Å². The van der Waals surface area contributed by atoms with Crippen molar-refractivity contribution >= 4 is 15.9 Å². The third-order valence-corrected chi connectivity index (χ3v) is 4.23. The largest absolute Gasteiger partial charge is 0.494 e. The standard InChI is InChI=1S/C14H15BrN2O/c1-9-7-10-11(8-9)16-17(14(10)15)12-5-3-4-6-13(12)18-2/h3-6,9H,7-8H2,1-2H3/t9-/m0/s1. The summed E-state index contributed by atoms with van der Waals surface area (Å²) < 4.78 is 8.40. The number of hydrogen-bond acceptors (Lipinski definition) is 2. The molecular formula is C14H15BrN2O. The molecule has 94 valence electrons. The van der Waals surface area contributed by atoms with Gasteiger partial charge in [-0.3, -0.25) is 0 Å². The summed E-state index contributed by atoms with van der Waals surface area (Å²) in [6.45, 7) is 2.27. The number of benzene rings is 1. The van der Waals surface area contributed by atoms with Gasteiger partial charge in [0.05, 0.1) is 12.8 Å². The molecule has 0 unspecified atom stereocenters. The number of rotatable bonds is 2. The van der Waals surface area contributed by atoms with Crippen molar-refractivity contribution in [3.05, 3.63) is 40.1 Å². The first-order valence-electron chi connectivity index (χ1n) is 6.10. The number of para-hydroxylation sites is 2. The number of nitrogens with zero attached hydrogens (tertiary/aromatic N) is 2. The summed E-state index contributed by atoms with van der Waals surface area (Å²) in [5, 5.41) is 4.71. The summed E-state index contributed by atoms with van der Waals surface area (Å²) >= 11 is 3.67. The highest BCUT2D eigenvalue weighted by atomic mass is 79.9. The summed E-state index contributed by atoms with van der Waals surface area (Å²) in [4.78, 5) is 0.